The van der Waals surface area contributed by atoms with Crippen molar-refractivity contribution in [3.8, 4) is 0 Å². The van der Waals surface area contributed by atoms with Gasteiger partial charge in [-0.1, -0.05) is 11.6 Å². The van der Waals surface area contributed by atoms with Crippen LogP contribution in [0.3, 0.4) is 0 Å². The van der Waals surface area contributed by atoms with Crippen molar-refractivity contribution < 1.29 is 5.11 Å². The molecule has 4 nitrogen and oxygen atoms in total. The molecule has 0 spiro atoms. The summed E-state index contributed by atoms with van der Waals surface area (Å²) in [6, 6.07) is 0.236. The molecule has 0 aliphatic rings. The summed E-state index contributed by atoms with van der Waals surface area (Å²) < 4.78 is 0.661. The summed E-state index contributed by atoms with van der Waals surface area (Å²) in [6.07, 6.45) is 1.41. The first-order chi connectivity index (χ1) is 7.07. The van der Waals surface area contributed by atoms with Gasteiger partial charge in [0.1, 0.15) is 17.3 Å². The SMILES string of the molecule is CC(C)N(CCO)c1ncnc(Cl)c1Br. The average Bonchev–Trinajstić information content (AvgIpc) is 2.19. The maximum atomic E-state index is 8.97. The zero-order valence-corrected chi connectivity index (χ0v) is 11.0. The highest BCUT2D eigenvalue weighted by atomic mass is 79.9. The minimum Gasteiger partial charge on any atom is -0.395 e. The molecule has 1 aromatic heterocycles. The van der Waals surface area contributed by atoms with Crippen molar-refractivity contribution in [2.45, 2.75) is 19.9 Å². The Hall–Kier alpha value is -0.390. The highest BCUT2D eigenvalue weighted by molar-refractivity contribution is 9.10. The lowest BCUT2D eigenvalue weighted by Crippen LogP contribution is -2.34. The highest BCUT2D eigenvalue weighted by Gasteiger charge is 2.16. The van der Waals surface area contributed by atoms with Gasteiger partial charge in [0.25, 0.3) is 0 Å². The Morgan fingerprint density at radius 1 is 1.53 bits per heavy atom. The van der Waals surface area contributed by atoms with Crippen molar-refractivity contribution in [2.24, 2.45) is 0 Å². The third-order valence-corrected chi connectivity index (χ3v) is 3.21. The van der Waals surface area contributed by atoms with E-state index in [0.717, 1.165) is 0 Å². The van der Waals surface area contributed by atoms with Crippen LogP contribution in [0, 0.1) is 0 Å². The Morgan fingerprint density at radius 2 is 2.20 bits per heavy atom. The molecule has 0 atom stereocenters. The summed E-state index contributed by atoms with van der Waals surface area (Å²) in [5.74, 6) is 0.707. The second-order valence-corrected chi connectivity index (χ2v) is 4.46. The van der Waals surface area contributed by atoms with Crippen LogP contribution in [0.15, 0.2) is 10.8 Å². The molecular weight excluding hydrogens is 281 g/mol. The van der Waals surface area contributed by atoms with Gasteiger partial charge in [0.05, 0.1) is 11.1 Å². The zero-order valence-electron chi connectivity index (χ0n) is 8.61. The van der Waals surface area contributed by atoms with Crippen molar-refractivity contribution in [3.63, 3.8) is 0 Å². The summed E-state index contributed by atoms with van der Waals surface area (Å²) in [6.45, 7) is 4.64. The van der Waals surface area contributed by atoms with E-state index in [1.165, 1.54) is 6.33 Å². The molecule has 0 fully saturated rings. The third kappa shape index (κ3) is 3.03. The van der Waals surface area contributed by atoms with Crippen LogP contribution in [-0.2, 0) is 0 Å². The highest BCUT2D eigenvalue weighted by Crippen LogP contribution is 2.29. The van der Waals surface area contributed by atoms with E-state index in [4.69, 9.17) is 16.7 Å². The Kier molecular flexibility index (Phi) is 4.76. The zero-order chi connectivity index (χ0) is 11.4. The molecule has 0 aliphatic carbocycles. The number of nitrogens with zero attached hydrogens (tertiary/aromatic N) is 3. The normalized spacial score (nSPS) is 10.8. The first-order valence-corrected chi connectivity index (χ1v) is 5.78. The standard InChI is InChI=1S/C9H13BrClN3O/c1-6(2)14(3-4-15)9-7(10)8(11)12-5-13-9/h5-6,15H,3-4H2,1-2H3. The molecule has 0 aromatic carbocycles. The fourth-order valence-corrected chi connectivity index (χ4v) is 1.82. The number of hydrogen-bond donors (Lipinski definition) is 1. The monoisotopic (exact) mass is 293 g/mol. The Labute approximate surface area is 102 Å². The van der Waals surface area contributed by atoms with Crippen molar-refractivity contribution in [2.75, 3.05) is 18.1 Å². The second-order valence-electron chi connectivity index (χ2n) is 3.31. The smallest absolute Gasteiger partial charge is 0.148 e. The molecule has 0 bridgehead atoms. The van der Waals surface area contributed by atoms with E-state index in [0.29, 0.717) is 22.0 Å². The molecule has 0 saturated heterocycles. The number of anilines is 1. The van der Waals surface area contributed by atoms with E-state index < -0.39 is 0 Å². The van der Waals surface area contributed by atoms with E-state index in [1.807, 2.05) is 18.7 Å². The molecule has 15 heavy (non-hydrogen) atoms. The van der Waals surface area contributed by atoms with Gasteiger partial charge in [-0.3, -0.25) is 0 Å². The number of rotatable bonds is 4. The summed E-state index contributed by atoms with van der Waals surface area (Å²) in [5.41, 5.74) is 0. The summed E-state index contributed by atoms with van der Waals surface area (Å²) in [5, 5.41) is 9.35. The van der Waals surface area contributed by atoms with Crippen LogP contribution < -0.4 is 4.90 Å². The summed E-state index contributed by atoms with van der Waals surface area (Å²) in [4.78, 5) is 9.97. The molecular formula is C9H13BrClN3O. The van der Waals surface area contributed by atoms with Gasteiger partial charge in [-0.25, -0.2) is 9.97 Å². The van der Waals surface area contributed by atoms with Crippen LogP contribution in [0.1, 0.15) is 13.8 Å². The van der Waals surface area contributed by atoms with Gasteiger partial charge in [-0.15, -0.1) is 0 Å². The number of hydrogen-bond acceptors (Lipinski definition) is 4. The van der Waals surface area contributed by atoms with Gasteiger partial charge in [0.15, 0.2) is 0 Å². The molecule has 0 amide bonds. The molecule has 6 heteroatoms. The van der Waals surface area contributed by atoms with Crippen LogP contribution in [0.5, 0.6) is 0 Å². The van der Waals surface area contributed by atoms with Crippen molar-refractivity contribution >= 4 is 33.3 Å². The fourth-order valence-electron chi connectivity index (χ4n) is 1.26. The number of aromatic nitrogens is 2. The van der Waals surface area contributed by atoms with E-state index in [1.54, 1.807) is 0 Å². The van der Waals surface area contributed by atoms with E-state index in [-0.39, 0.29) is 12.6 Å². The molecule has 84 valence electrons. The fraction of sp³-hybridized carbons (Fsp3) is 0.556. The van der Waals surface area contributed by atoms with Crippen LogP contribution in [0.2, 0.25) is 5.15 Å². The lowest BCUT2D eigenvalue weighted by molar-refractivity contribution is 0.298. The van der Waals surface area contributed by atoms with Crippen molar-refractivity contribution in [1.29, 1.82) is 0 Å². The number of halogens is 2. The first-order valence-electron chi connectivity index (χ1n) is 4.61. The van der Waals surface area contributed by atoms with Crippen LogP contribution >= 0.6 is 27.5 Å². The van der Waals surface area contributed by atoms with E-state index in [9.17, 15) is 0 Å². The number of aliphatic hydroxyl groups is 1. The molecule has 1 aromatic rings. The van der Waals surface area contributed by atoms with Gasteiger partial charge < -0.3 is 10.0 Å². The Morgan fingerprint density at radius 3 is 2.73 bits per heavy atom. The lowest BCUT2D eigenvalue weighted by atomic mass is 10.3. The molecule has 0 saturated carbocycles. The Bertz CT molecular complexity index is 335. The van der Waals surface area contributed by atoms with Gasteiger partial charge in [-0.05, 0) is 29.8 Å². The van der Waals surface area contributed by atoms with Gasteiger partial charge in [0, 0.05) is 12.6 Å². The predicted octanol–water partition coefficient (Wildman–Crippen LogP) is 2.10. The lowest BCUT2D eigenvalue weighted by Gasteiger charge is -2.27. The maximum absolute atomic E-state index is 8.97. The van der Waals surface area contributed by atoms with Gasteiger partial charge >= 0.3 is 0 Å². The third-order valence-electron chi connectivity index (χ3n) is 1.96. The first kappa shape index (κ1) is 12.7. The predicted molar refractivity (Wildman–Crippen MR) is 64.3 cm³/mol. The Balaban J connectivity index is 3.05. The molecule has 1 N–H and O–H groups in total. The van der Waals surface area contributed by atoms with Crippen LogP contribution in [-0.4, -0.2) is 34.3 Å². The quantitative estimate of drug-likeness (QED) is 0.864. The van der Waals surface area contributed by atoms with E-state index in [2.05, 4.69) is 25.9 Å². The minimum absolute atomic E-state index is 0.0756. The van der Waals surface area contributed by atoms with Crippen molar-refractivity contribution in [3.05, 3.63) is 16.0 Å². The van der Waals surface area contributed by atoms with Crippen LogP contribution in [0.4, 0.5) is 5.82 Å². The number of aliphatic hydroxyl groups excluding tert-OH is 1. The van der Waals surface area contributed by atoms with Gasteiger partial charge in [0.2, 0.25) is 0 Å². The molecule has 0 unspecified atom stereocenters. The second kappa shape index (κ2) is 5.63. The molecule has 0 aliphatic heterocycles. The van der Waals surface area contributed by atoms with E-state index >= 15 is 0 Å². The molecule has 0 radical (unpaired) electrons. The molecule has 1 rings (SSSR count). The average molecular weight is 295 g/mol. The summed E-state index contributed by atoms with van der Waals surface area (Å²) in [7, 11) is 0. The summed E-state index contributed by atoms with van der Waals surface area (Å²) >= 11 is 9.21. The van der Waals surface area contributed by atoms with Gasteiger partial charge in [-0.2, -0.15) is 0 Å². The minimum atomic E-state index is 0.0756. The van der Waals surface area contributed by atoms with Crippen molar-refractivity contribution in [1.82, 2.24) is 9.97 Å². The largest absolute Gasteiger partial charge is 0.395 e. The van der Waals surface area contributed by atoms with Crippen LogP contribution in [0.25, 0.3) is 0 Å². The topological polar surface area (TPSA) is 49.2 Å². The maximum Gasteiger partial charge on any atom is 0.148 e. The molecule has 1 heterocycles.